The third-order valence-corrected chi connectivity index (χ3v) is 3.96. The summed E-state index contributed by atoms with van der Waals surface area (Å²) in [5.74, 6) is 0.527. The molecule has 0 radical (unpaired) electrons. The smallest absolute Gasteiger partial charge is 0.219 e. The van der Waals surface area contributed by atoms with Gasteiger partial charge in [-0.25, -0.2) is 0 Å². The fourth-order valence-electron chi connectivity index (χ4n) is 2.87. The van der Waals surface area contributed by atoms with Crippen molar-refractivity contribution in [2.75, 3.05) is 13.1 Å². The Balaban J connectivity index is 2.21. The summed E-state index contributed by atoms with van der Waals surface area (Å²) >= 11 is 5.91. The molecule has 1 aliphatic heterocycles. The quantitative estimate of drug-likeness (QED) is 0.913. The second kappa shape index (κ2) is 5.72. The van der Waals surface area contributed by atoms with Gasteiger partial charge in [0, 0.05) is 30.5 Å². The molecule has 2 rings (SSSR count). The van der Waals surface area contributed by atoms with Gasteiger partial charge in [0.25, 0.3) is 0 Å². The van der Waals surface area contributed by atoms with Crippen LogP contribution in [0.2, 0.25) is 5.02 Å². The summed E-state index contributed by atoms with van der Waals surface area (Å²) in [6.07, 6.45) is 1.86. The molecule has 0 aromatic heterocycles. The van der Waals surface area contributed by atoms with Crippen LogP contribution in [0.25, 0.3) is 0 Å². The van der Waals surface area contributed by atoms with E-state index in [4.69, 9.17) is 17.3 Å². The summed E-state index contributed by atoms with van der Waals surface area (Å²) in [5, 5.41) is 0.746. The van der Waals surface area contributed by atoms with Crippen molar-refractivity contribution in [3.63, 3.8) is 0 Å². The van der Waals surface area contributed by atoms with Gasteiger partial charge in [0.15, 0.2) is 0 Å². The summed E-state index contributed by atoms with van der Waals surface area (Å²) in [4.78, 5) is 13.6. The fourth-order valence-corrected chi connectivity index (χ4v) is 3.00. The normalized spacial score (nSPS) is 23.4. The molecule has 0 aliphatic carbocycles. The van der Waals surface area contributed by atoms with Crippen molar-refractivity contribution < 1.29 is 4.79 Å². The second-order valence-electron chi connectivity index (χ2n) is 4.80. The van der Waals surface area contributed by atoms with Gasteiger partial charge >= 0.3 is 0 Å². The molecule has 0 saturated carbocycles. The zero-order valence-electron chi connectivity index (χ0n) is 10.6. The summed E-state index contributed by atoms with van der Waals surface area (Å²) in [5.41, 5.74) is 6.93. The van der Waals surface area contributed by atoms with Crippen molar-refractivity contribution >= 4 is 17.5 Å². The number of hydrogen-bond acceptors (Lipinski definition) is 2. The van der Waals surface area contributed by atoms with Crippen LogP contribution >= 0.6 is 11.6 Å². The highest BCUT2D eigenvalue weighted by molar-refractivity contribution is 6.30. The number of hydrogen-bond donors (Lipinski definition) is 1. The third-order valence-electron chi connectivity index (χ3n) is 3.71. The summed E-state index contributed by atoms with van der Waals surface area (Å²) < 4.78 is 0. The highest BCUT2D eigenvalue weighted by Gasteiger charge is 2.35. The standard InChI is InChI=1S/C14H19ClN2O/c1-10(18)17-9-7-13(14(17)6-8-16)11-2-4-12(15)5-3-11/h2-5,13-14H,6-9,16H2,1H3. The van der Waals surface area contributed by atoms with Gasteiger partial charge in [-0.15, -0.1) is 0 Å². The Morgan fingerprint density at radius 1 is 1.44 bits per heavy atom. The first-order chi connectivity index (χ1) is 8.63. The first-order valence-electron chi connectivity index (χ1n) is 6.36. The Hall–Kier alpha value is -1.06. The van der Waals surface area contributed by atoms with Crippen LogP contribution in [-0.2, 0) is 4.79 Å². The van der Waals surface area contributed by atoms with Crippen LogP contribution in [0.15, 0.2) is 24.3 Å². The lowest BCUT2D eigenvalue weighted by molar-refractivity contribution is -0.129. The van der Waals surface area contributed by atoms with E-state index in [2.05, 4.69) is 12.1 Å². The molecule has 2 unspecified atom stereocenters. The number of benzene rings is 1. The van der Waals surface area contributed by atoms with Crippen LogP contribution in [0.3, 0.4) is 0 Å². The molecule has 1 aromatic carbocycles. The number of rotatable bonds is 3. The predicted molar refractivity (Wildman–Crippen MR) is 73.7 cm³/mol. The van der Waals surface area contributed by atoms with Crippen molar-refractivity contribution in [3.8, 4) is 0 Å². The van der Waals surface area contributed by atoms with Crippen LogP contribution < -0.4 is 5.73 Å². The average Bonchev–Trinajstić information content (AvgIpc) is 2.74. The van der Waals surface area contributed by atoms with Crippen LogP contribution in [0, 0.1) is 0 Å². The molecule has 1 aromatic rings. The average molecular weight is 267 g/mol. The van der Waals surface area contributed by atoms with Crippen molar-refractivity contribution in [1.82, 2.24) is 4.90 Å². The molecule has 3 nitrogen and oxygen atoms in total. The maximum Gasteiger partial charge on any atom is 0.219 e. The third kappa shape index (κ3) is 2.68. The summed E-state index contributed by atoms with van der Waals surface area (Å²) in [6, 6.07) is 8.16. The van der Waals surface area contributed by atoms with Crippen LogP contribution in [0.1, 0.15) is 31.2 Å². The van der Waals surface area contributed by atoms with Gasteiger partial charge in [0.05, 0.1) is 0 Å². The monoisotopic (exact) mass is 266 g/mol. The van der Waals surface area contributed by atoms with E-state index in [1.54, 1.807) is 6.92 Å². The Morgan fingerprint density at radius 2 is 2.11 bits per heavy atom. The topological polar surface area (TPSA) is 46.3 Å². The molecule has 1 aliphatic rings. The molecule has 98 valence electrons. The molecule has 2 atom stereocenters. The van der Waals surface area contributed by atoms with Gasteiger partial charge < -0.3 is 10.6 Å². The Morgan fingerprint density at radius 3 is 2.67 bits per heavy atom. The molecule has 1 heterocycles. The van der Waals surface area contributed by atoms with E-state index < -0.39 is 0 Å². The lowest BCUT2D eigenvalue weighted by atomic mass is 9.90. The summed E-state index contributed by atoms with van der Waals surface area (Å²) in [7, 11) is 0. The first kappa shape index (κ1) is 13.4. The SMILES string of the molecule is CC(=O)N1CCC(c2ccc(Cl)cc2)C1CCN. The molecule has 1 saturated heterocycles. The van der Waals surface area contributed by atoms with Crippen LogP contribution in [0.5, 0.6) is 0 Å². The Labute approximate surface area is 113 Å². The molecule has 0 spiro atoms. The molecule has 1 fully saturated rings. The zero-order valence-corrected chi connectivity index (χ0v) is 11.4. The Kier molecular flexibility index (Phi) is 4.25. The number of halogens is 1. The number of nitrogens with two attached hydrogens (primary N) is 1. The van der Waals surface area contributed by atoms with Crippen LogP contribution in [0.4, 0.5) is 0 Å². The molecule has 2 N–H and O–H groups in total. The van der Waals surface area contributed by atoms with Gasteiger partial charge in [-0.05, 0) is 37.1 Å². The van der Waals surface area contributed by atoms with Gasteiger partial charge in [-0.3, -0.25) is 4.79 Å². The van der Waals surface area contributed by atoms with E-state index in [0.717, 1.165) is 24.4 Å². The van der Waals surface area contributed by atoms with Crippen molar-refractivity contribution in [2.24, 2.45) is 5.73 Å². The largest absolute Gasteiger partial charge is 0.339 e. The number of amides is 1. The van der Waals surface area contributed by atoms with Crippen molar-refractivity contribution in [3.05, 3.63) is 34.9 Å². The van der Waals surface area contributed by atoms with Crippen LogP contribution in [-0.4, -0.2) is 29.9 Å². The molecule has 0 bridgehead atoms. The molecule has 1 amide bonds. The van der Waals surface area contributed by atoms with E-state index in [1.807, 2.05) is 17.0 Å². The molecular formula is C14H19ClN2O. The predicted octanol–water partition coefficient (Wildman–Crippen LogP) is 2.39. The number of nitrogens with zero attached hydrogens (tertiary/aromatic N) is 1. The number of carbonyl (C=O) groups is 1. The van der Waals surface area contributed by atoms with E-state index in [-0.39, 0.29) is 11.9 Å². The molecule has 4 heteroatoms. The number of likely N-dealkylation sites (tertiary alicyclic amines) is 1. The molecular weight excluding hydrogens is 248 g/mol. The maximum absolute atomic E-state index is 11.6. The highest BCUT2D eigenvalue weighted by atomic mass is 35.5. The van der Waals surface area contributed by atoms with E-state index in [0.29, 0.717) is 12.5 Å². The second-order valence-corrected chi connectivity index (χ2v) is 5.24. The van der Waals surface area contributed by atoms with Crippen molar-refractivity contribution in [1.29, 1.82) is 0 Å². The Bertz CT molecular complexity index is 418. The van der Waals surface area contributed by atoms with E-state index in [9.17, 15) is 4.79 Å². The fraction of sp³-hybridized carbons (Fsp3) is 0.500. The minimum atomic E-state index is 0.143. The minimum absolute atomic E-state index is 0.143. The summed E-state index contributed by atoms with van der Waals surface area (Å²) in [6.45, 7) is 3.07. The van der Waals surface area contributed by atoms with E-state index in [1.165, 1.54) is 5.56 Å². The minimum Gasteiger partial charge on any atom is -0.339 e. The van der Waals surface area contributed by atoms with Gasteiger partial charge in [-0.1, -0.05) is 23.7 Å². The highest BCUT2D eigenvalue weighted by Crippen LogP contribution is 2.35. The number of carbonyl (C=O) groups excluding carboxylic acids is 1. The lowest BCUT2D eigenvalue weighted by Crippen LogP contribution is -2.37. The van der Waals surface area contributed by atoms with Gasteiger partial charge in [0.2, 0.25) is 5.91 Å². The zero-order chi connectivity index (χ0) is 13.1. The van der Waals surface area contributed by atoms with Crippen molar-refractivity contribution in [2.45, 2.75) is 31.7 Å². The lowest BCUT2D eigenvalue weighted by Gasteiger charge is -2.27. The maximum atomic E-state index is 11.6. The van der Waals surface area contributed by atoms with E-state index >= 15 is 0 Å². The van der Waals surface area contributed by atoms with Gasteiger partial charge in [0.1, 0.15) is 0 Å². The molecule has 18 heavy (non-hydrogen) atoms. The van der Waals surface area contributed by atoms with Gasteiger partial charge in [-0.2, -0.15) is 0 Å². The first-order valence-corrected chi connectivity index (χ1v) is 6.74.